The van der Waals surface area contributed by atoms with E-state index in [-0.39, 0.29) is 29.3 Å². The molecule has 43 heavy (non-hydrogen) atoms. The van der Waals surface area contributed by atoms with E-state index >= 15 is 0 Å². The van der Waals surface area contributed by atoms with Crippen molar-refractivity contribution in [1.29, 1.82) is 0 Å². The van der Waals surface area contributed by atoms with Gasteiger partial charge < -0.3 is 19.4 Å². The van der Waals surface area contributed by atoms with Gasteiger partial charge in [-0.05, 0) is 92.0 Å². The highest BCUT2D eigenvalue weighted by molar-refractivity contribution is 5.99. The second kappa shape index (κ2) is 12.3. The summed E-state index contributed by atoms with van der Waals surface area (Å²) in [5.41, 5.74) is 7.49. The van der Waals surface area contributed by atoms with Gasteiger partial charge in [0, 0.05) is 35.1 Å². The SMILES string of the molecule is CCOC(=O)C(Oc1cccc(Cc2c(C)n(C)c3cc(C(=O)N[C@@H](C)c4cccc(C(C)(C)C)c4)ccc23)c1)C1CC1. The lowest BCUT2D eigenvalue weighted by atomic mass is 9.85. The summed E-state index contributed by atoms with van der Waals surface area (Å²) in [7, 11) is 2.04. The third-order valence-corrected chi connectivity index (χ3v) is 8.60. The van der Waals surface area contributed by atoms with Gasteiger partial charge in [-0.2, -0.15) is 0 Å². The molecule has 1 aliphatic carbocycles. The van der Waals surface area contributed by atoms with E-state index in [1.807, 2.05) is 51.2 Å². The summed E-state index contributed by atoms with van der Waals surface area (Å²) in [5, 5.41) is 4.31. The van der Waals surface area contributed by atoms with E-state index in [0.29, 0.717) is 24.3 Å². The van der Waals surface area contributed by atoms with Crippen LogP contribution in [-0.4, -0.2) is 29.2 Å². The minimum atomic E-state index is -0.552. The van der Waals surface area contributed by atoms with Gasteiger partial charge in [0.15, 0.2) is 6.10 Å². The fourth-order valence-corrected chi connectivity index (χ4v) is 5.68. The lowest BCUT2D eigenvalue weighted by molar-refractivity contribution is -0.152. The number of amides is 1. The molecule has 0 spiro atoms. The van der Waals surface area contributed by atoms with E-state index in [4.69, 9.17) is 9.47 Å². The molecule has 5 rings (SSSR count). The molecule has 1 aliphatic rings. The second-order valence-corrected chi connectivity index (χ2v) is 12.9. The average molecular weight is 581 g/mol. The van der Waals surface area contributed by atoms with Crippen LogP contribution in [0, 0.1) is 12.8 Å². The van der Waals surface area contributed by atoms with Crippen LogP contribution in [0.2, 0.25) is 0 Å². The normalized spacial score (nSPS) is 14.8. The van der Waals surface area contributed by atoms with Crippen molar-refractivity contribution >= 4 is 22.8 Å². The molecule has 2 atom stereocenters. The standard InChI is InChI=1S/C37H44N2O4/c1-8-42-36(41)34(26-15-16-26)43-30-14-9-11-25(19-30)20-32-24(3)39(7)33-22-28(17-18-31(32)33)35(40)38-23(2)27-12-10-13-29(21-27)37(4,5)6/h9-14,17-19,21-23,26,34H,8,15-16,20H2,1-7H3,(H,38,40)/t23-,34?/m0/s1. The Hall–Kier alpha value is -4.06. The molecule has 4 aromatic rings. The van der Waals surface area contributed by atoms with Crippen molar-refractivity contribution in [3.8, 4) is 5.75 Å². The first kappa shape index (κ1) is 30.4. The third kappa shape index (κ3) is 6.79. The number of esters is 1. The molecule has 1 aromatic heterocycles. The Balaban J connectivity index is 1.34. The van der Waals surface area contributed by atoms with Gasteiger partial charge in [-0.1, -0.05) is 63.2 Å². The summed E-state index contributed by atoms with van der Waals surface area (Å²) in [6.45, 7) is 12.9. The molecule has 0 radical (unpaired) electrons. The summed E-state index contributed by atoms with van der Waals surface area (Å²) in [5.74, 6) is 0.535. The number of aryl methyl sites for hydroxylation is 1. The van der Waals surface area contributed by atoms with Crippen LogP contribution < -0.4 is 10.1 Å². The van der Waals surface area contributed by atoms with Gasteiger partial charge in [-0.3, -0.25) is 4.79 Å². The number of hydrogen-bond acceptors (Lipinski definition) is 4. The van der Waals surface area contributed by atoms with Gasteiger partial charge in [0.1, 0.15) is 5.75 Å². The maximum Gasteiger partial charge on any atom is 0.347 e. The minimum absolute atomic E-state index is 0.0445. The molecule has 0 aliphatic heterocycles. The van der Waals surface area contributed by atoms with E-state index in [1.54, 1.807) is 0 Å². The molecule has 1 saturated carbocycles. The summed E-state index contributed by atoms with van der Waals surface area (Å²) in [6.07, 6.45) is 2.13. The molecule has 226 valence electrons. The van der Waals surface area contributed by atoms with E-state index in [9.17, 15) is 9.59 Å². The van der Waals surface area contributed by atoms with Crippen LogP contribution in [0.25, 0.3) is 10.9 Å². The fourth-order valence-electron chi connectivity index (χ4n) is 5.68. The predicted molar refractivity (Wildman–Crippen MR) is 172 cm³/mol. The largest absolute Gasteiger partial charge is 0.478 e. The van der Waals surface area contributed by atoms with Gasteiger partial charge >= 0.3 is 5.97 Å². The zero-order chi connectivity index (χ0) is 30.9. The lowest BCUT2D eigenvalue weighted by Crippen LogP contribution is -2.31. The number of benzene rings is 3. The molecule has 1 heterocycles. The van der Waals surface area contributed by atoms with Crippen molar-refractivity contribution in [3.63, 3.8) is 0 Å². The molecule has 6 nitrogen and oxygen atoms in total. The molecule has 1 amide bonds. The van der Waals surface area contributed by atoms with Crippen molar-refractivity contribution < 1.29 is 19.1 Å². The van der Waals surface area contributed by atoms with Crippen molar-refractivity contribution in [3.05, 3.63) is 100 Å². The van der Waals surface area contributed by atoms with Crippen LogP contribution in [0.3, 0.4) is 0 Å². The Morgan fingerprint density at radius 3 is 2.47 bits per heavy atom. The van der Waals surface area contributed by atoms with Crippen LogP contribution in [0.4, 0.5) is 0 Å². The molecule has 3 aromatic carbocycles. The lowest BCUT2D eigenvalue weighted by Gasteiger charge is -2.22. The maximum atomic E-state index is 13.3. The summed E-state index contributed by atoms with van der Waals surface area (Å²) in [6, 6.07) is 22.3. The molecule has 0 bridgehead atoms. The summed E-state index contributed by atoms with van der Waals surface area (Å²) in [4.78, 5) is 25.8. The second-order valence-electron chi connectivity index (χ2n) is 12.9. The minimum Gasteiger partial charge on any atom is -0.478 e. The highest BCUT2D eigenvalue weighted by Crippen LogP contribution is 2.36. The summed E-state index contributed by atoms with van der Waals surface area (Å²) < 4.78 is 13.6. The van der Waals surface area contributed by atoms with Crippen molar-refractivity contribution in [1.82, 2.24) is 9.88 Å². The zero-order valence-corrected chi connectivity index (χ0v) is 26.5. The first-order valence-corrected chi connectivity index (χ1v) is 15.4. The molecular formula is C37H44N2O4. The number of aromatic nitrogens is 1. The number of carbonyl (C=O) groups is 2. The molecule has 1 fully saturated rings. The van der Waals surface area contributed by atoms with E-state index < -0.39 is 6.10 Å². The maximum absolute atomic E-state index is 13.3. The quantitative estimate of drug-likeness (QED) is 0.196. The highest BCUT2D eigenvalue weighted by Gasteiger charge is 2.39. The summed E-state index contributed by atoms with van der Waals surface area (Å²) >= 11 is 0. The number of hydrogen-bond donors (Lipinski definition) is 1. The van der Waals surface area contributed by atoms with Crippen molar-refractivity contribution in [2.75, 3.05) is 6.61 Å². The van der Waals surface area contributed by atoms with Crippen LogP contribution in [0.1, 0.15) is 91.8 Å². The first-order chi connectivity index (χ1) is 20.5. The number of nitrogens with one attached hydrogen (secondary N) is 1. The molecule has 6 heteroatoms. The first-order valence-electron chi connectivity index (χ1n) is 15.4. The Kier molecular flexibility index (Phi) is 8.68. The van der Waals surface area contributed by atoms with Gasteiger partial charge in [-0.25, -0.2) is 4.79 Å². The number of nitrogens with zero attached hydrogens (tertiary/aromatic N) is 1. The van der Waals surface area contributed by atoms with Gasteiger partial charge in [0.2, 0.25) is 0 Å². The number of ether oxygens (including phenoxy) is 2. The third-order valence-electron chi connectivity index (χ3n) is 8.60. The number of rotatable bonds is 10. The Bertz CT molecular complexity index is 1640. The van der Waals surface area contributed by atoms with E-state index in [0.717, 1.165) is 40.6 Å². The van der Waals surface area contributed by atoms with Gasteiger partial charge in [-0.15, -0.1) is 0 Å². The average Bonchev–Trinajstić information content (AvgIpc) is 3.80. The molecule has 1 unspecified atom stereocenters. The smallest absolute Gasteiger partial charge is 0.347 e. The number of carbonyl (C=O) groups excluding carboxylic acids is 2. The molecule has 1 N–H and O–H groups in total. The highest BCUT2D eigenvalue weighted by atomic mass is 16.6. The van der Waals surface area contributed by atoms with Crippen LogP contribution in [0.5, 0.6) is 5.75 Å². The monoisotopic (exact) mass is 580 g/mol. The molecular weight excluding hydrogens is 536 g/mol. The Morgan fingerprint density at radius 2 is 1.77 bits per heavy atom. The molecule has 0 saturated heterocycles. The Labute approximate surface area is 255 Å². The van der Waals surface area contributed by atoms with Crippen molar-refractivity contribution in [2.45, 2.75) is 78.4 Å². The van der Waals surface area contributed by atoms with E-state index in [2.05, 4.69) is 74.0 Å². The van der Waals surface area contributed by atoms with Crippen LogP contribution >= 0.6 is 0 Å². The topological polar surface area (TPSA) is 69.6 Å². The fraction of sp³-hybridized carbons (Fsp3) is 0.405. The van der Waals surface area contributed by atoms with Crippen LogP contribution in [-0.2, 0) is 28.4 Å². The van der Waals surface area contributed by atoms with Crippen molar-refractivity contribution in [2.24, 2.45) is 13.0 Å². The van der Waals surface area contributed by atoms with Gasteiger partial charge in [0.25, 0.3) is 5.91 Å². The zero-order valence-electron chi connectivity index (χ0n) is 26.5. The van der Waals surface area contributed by atoms with Crippen LogP contribution in [0.15, 0.2) is 66.7 Å². The van der Waals surface area contributed by atoms with Gasteiger partial charge in [0.05, 0.1) is 12.6 Å². The predicted octanol–water partition coefficient (Wildman–Crippen LogP) is 7.59. The van der Waals surface area contributed by atoms with E-state index in [1.165, 1.54) is 11.1 Å². The number of fused-ring (bicyclic) bond motifs is 1. The Morgan fingerprint density at radius 1 is 1.02 bits per heavy atom.